The molecular formula is CH2BBrO3. The summed E-state index contributed by atoms with van der Waals surface area (Å²) in [6, 6.07) is 0. The molecule has 0 aromatic rings. The van der Waals surface area contributed by atoms with Gasteiger partial charge in [-0.05, 0) is 15.9 Å². The minimum Gasteiger partial charge on any atom is -0.401 e. The van der Waals surface area contributed by atoms with Gasteiger partial charge >= 0.3 is 7.32 Å². The maximum atomic E-state index is 8.14. The van der Waals surface area contributed by atoms with Gasteiger partial charge in [-0.2, -0.15) is 0 Å². The van der Waals surface area contributed by atoms with Gasteiger partial charge in [-0.3, -0.25) is 0 Å². The van der Waals surface area contributed by atoms with Crippen molar-refractivity contribution in [3.63, 3.8) is 0 Å². The molecule has 1 aliphatic heterocycles. The highest BCUT2D eigenvalue weighted by Gasteiger charge is 2.33. The summed E-state index contributed by atoms with van der Waals surface area (Å²) in [7, 11) is -1.01. The molecule has 1 N–H and O–H groups in total. The van der Waals surface area contributed by atoms with Crippen LogP contribution in [0, 0.1) is 0 Å². The van der Waals surface area contributed by atoms with Crippen LogP contribution < -0.4 is 0 Å². The standard InChI is InChI=1S/CH2BBrO3/c3-1-5-2(4)6-1/h1,4H. The summed E-state index contributed by atoms with van der Waals surface area (Å²) in [5.41, 5.74) is 0. The molecule has 0 saturated carbocycles. The monoisotopic (exact) mass is 152 g/mol. The van der Waals surface area contributed by atoms with Crippen molar-refractivity contribution in [2.45, 2.75) is 5.20 Å². The quantitative estimate of drug-likeness (QED) is 0.383. The minimum atomic E-state index is -1.01. The van der Waals surface area contributed by atoms with E-state index in [-0.39, 0.29) is 0 Å². The molecule has 0 unspecified atom stereocenters. The Morgan fingerprint density at radius 1 is 1.67 bits per heavy atom. The third-order valence-electron chi connectivity index (χ3n) is 0.447. The van der Waals surface area contributed by atoms with Crippen LogP contribution in [0.15, 0.2) is 0 Å². The zero-order valence-corrected chi connectivity index (χ0v) is 4.38. The largest absolute Gasteiger partial charge is 0.641 e. The van der Waals surface area contributed by atoms with Crippen molar-refractivity contribution >= 4 is 23.3 Å². The molecule has 1 fully saturated rings. The van der Waals surface area contributed by atoms with Gasteiger partial charge in [-0.15, -0.1) is 0 Å². The van der Waals surface area contributed by atoms with Gasteiger partial charge in [0.25, 0.3) is 0 Å². The molecule has 0 aliphatic carbocycles. The summed E-state index contributed by atoms with van der Waals surface area (Å²) in [6.07, 6.45) is 0. The first-order valence-corrected chi connectivity index (χ1v) is 2.33. The lowest BCUT2D eigenvalue weighted by atomic mass is 10.2. The normalized spacial score (nSPS) is 24.0. The van der Waals surface area contributed by atoms with Crippen molar-refractivity contribution in [3.05, 3.63) is 0 Å². The molecule has 0 aromatic carbocycles. The Bertz CT molecular complexity index is 46.8. The second-order valence-electron chi connectivity index (χ2n) is 0.854. The highest BCUT2D eigenvalue weighted by atomic mass is 79.9. The molecule has 1 rings (SSSR count). The summed E-state index contributed by atoms with van der Waals surface area (Å²) in [5.74, 6) is 0. The van der Waals surface area contributed by atoms with Crippen LogP contribution in [0.25, 0.3) is 0 Å². The SMILES string of the molecule is OB1OC(Br)O1. The summed E-state index contributed by atoms with van der Waals surface area (Å²) in [4.78, 5) is 0. The molecule has 3 nitrogen and oxygen atoms in total. The number of alkyl halides is 1. The lowest BCUT2D eigenvalue weighted by Crippen LogP contribution is -2.41. The summed E-state index contributed by atoms with van der Waals surface area (Å²) >= 11 is 2.90. The second kappa shape index (κ2) is 1.50. The number of halogens is 1. The lowest BCUT2D eigenvalue weighted by molar-refractivity contribution is -0.0778. The van der Waals surface area contributed by atoms with Gasteiger partial charge in [-0.25, -0.2) is 0 Å². The van der Waals surface area contributed by atoms with Crippen LogP contribution in [0.4, 0.5) is 0 Å². The number of hydrogen-bond acceptors (Lipinski definition) is 3. The summed E-state index contributed by atoms with van der Waals surface area (Å²) in [6.45, 7) is 0. The van der Waals surface area contributed by atoms with Gasteiger partial charge in [0.2, 0.25) is 0 Å². The molecule has 0 radical (unpaired) electrons. The van der Waals surface area contributed by atoms with Gasteiger partial charge in [-0.1, -0.05) is 0 Å². The fourth-order valence-corrected chi connectivity index (χ4v) is 0.563. The molecule has 1 heterocycles. The zero-order valence-electron chi connectivity index (χ0n) is 2.80. The van der Waals surface area contributed by atoms with Crippen LogP contribution in [0.5, 0.6) is 0 Å². The molecule has 0 spiro atoms. The van der Waals surface area contributed by atoms with Gasteiger partial charge in [0.05, 0.1) is 0 Å². The van der Waals surface area contributed by atoms with Crippen LogP contribution in [-0.4, -0.2) is 17.5 Å². The Kier molecular flexibility index (Phi) is 1.14. The van der Waals surface area contributed by atoms with Crippen molar-refractivity contribution in [1.82, 2.24) is 0 Å². The zero-order chi connectivity index (χ0) is 4.57. The average molecular weight is 153 g/mol. The average Bonchev–Trinajstić information content (AvgIpc) is 1.33. The first-order valence-electron chi connectivity index (χ1n) is 1.42. The highest BCUT2D eigenvalue weighted by molar-refractivity contribution is 9.09. The smallest absolute Gasteiger partial charge is 0.401 e. The van der Waals surface area contributed by atoms with Crippen LogP contribution in [-0.2, 0) is 9.31 Å². The third-order valence-corrected chi connectivity index (χ3v) is 0.878. The maximum Gasteiger partial charge on any atom is 0.641 e. The van der Waals surface area contributed by atoms with Crippen LogP contribution in [0.1, 0.15) is 0 Å². The first kappa shape index (κ1) is 4.58. The first-order chi connectivity index (χ1) is 2.79. The molecule has 1 saturated heterocycles. The predicted molar refractivity (Wildman–Crippen MR) is 22.9 cm³/mol. The van der Waals surface area contributed by atoms with E-state index >= 15 is 0 Å². The van der Waals surface area contributed by atoms with E-state index in [1.165, 1.54) is 0 Å². The Hall–Kier alpha value is 0.425. The van der Waals surface area contributed by atoms with Gasteiger partial charge in [0.15, 0.2) is 5.20 Å². The van der Waals surface area contributed by atoms with Crippen LogP contribution in [0.3, 0.4) is 0 Å². The van der Waals surface area contributed by atoms with E-state index in [1.807, 2.05) is 0 Å². The minimum absolute atomic E-state index is 0.396. The van der Waals surface area contributed by atoms with E-state index in [1.54, 1.807) is 0 Å². The molecule has 0 atom stereocenters. The molecule has 5 heteroatoms. The third kappa shape index (κ3) is 0.731. The lowest BCUT2D eigenvalue weighted by Gasteiger charge is -2.23. The van der Waals surface area contributed by atoms with Gasteiger partial charge in [0, 0.05) is 0 Å². The van der Waals surface area contributed by atoms with E-state index in [0.29, 0.717) is 0 Å². The van der Waals surface area contributed by atoms with E-state index in [9.17, 15) is 0 Å². The second-order valence-corrected chi connectivity index (χ2v) is 1.60. The fourth-order valence-electron chi connectivity index (χ4n) is 0.193. The maximum absolute atomic E-state index is 8.14. The van der Waals surface area contributed by atoms with Crippen LogP contribution >= 0.6 is 15.9 Å². The Morgan fingerprint density at radius 2 is 2.17 bits per heavy atom. The van der Waals surface area contributed by atoms with Gasteiger partial charge < -0.3 is 14.3 Å². The molecule has 6 heavy (non-hydrogen) atoms. The Labute approximate surface area is 43.5 Å². The molecule has 0 amide bonds. The van der Waals surface area contributed by atoms with E-state index in [2.05, 4.69) is 25.2 Å². The number of rotatable bonds is 0. The molecule has 1 aliphatic rings. The van der Waals surface area contributed by atoms with E-state index in [0.717, 1.165) is 0 Å². The van der Waals surface area contributed by atoms with E-state index in [4.69, 9.17) is 5.02 Å². The Morgan fingerprint density at radius 3 is 2.17 bits per heavy atom. The van der Waals surface area contributed by atoms with Crippen molar-refractivity contribution in [1.29, 1.82) is 0 Å². The van der Waals surface area contributed by atoms with Gasteiger partial charge in [0.1, 0.15) is 0 Å². The van der Waals surface area contributed by atoms with Crippen molar-refractivity contribution < 1.29 is 14.3 Å². The molecular weight excluding hydrogens is 151 g/mol. The summed E-state index contributed by atoms with van der Waals surface area (Å²) < 4.78 is 8.78. The van der Waals surface area contributed by atoms with Crippen molar-refractivity contribution in [2.75, 3.05) is 0 Å². The predicted octanol–water partition coefficient (Wildman–Crippen LogP) is -0.311. The highest BCUT2D eigenvalue weighted by Crippen LogP contribution is 2.15. The van der Waals surface area contributed by atoms with Crippen molar-refractivity contribution in [3.8, 4) is 0 Å². The molecule has 0 aromatic heterocycles. The summed E-state index contributed by atoms with van der Waals surface area (Å²) in [5, 5.41) is 7.75. The number of hydrogen-bond donors (Lipinski definition) is 1. The topological polar surface area (TPSA) is 38.7 Å². The van der Waals surface area contributed by atoms with Crippen LogP contribution in [0.2, 0.25) is 0 Å². The van der Waals surface area contributed by atoms with Crippen molar-refractivity contribution in [2.24, 2.45) is 0 Å². The Balaban J connectivity index is 2.11. The molecule has 34 valence electrons. The fraction of sp³-hybridized carbons (Fsp3) is 1.00. The molecule has 0 bridgehead atoms. The van der Waals surface area contributed by atoms with E-state index < -0.39 is 12.5 Å².